The van der Waals surface area contributed by atoms with Crippen LogP contribution >= 0.6 is 0 Å². The SMILES string of the molecule is CC/C=C\C/C=C\C/C=C\C/C=C\CCCCCCCCCCCCCCCCCCCCCCCCCCCCCCC(=O)NC(CO)C(O)/C=C/CC/C=C/CC/C=C/CCCCCCCCC. The summed E-state index contributed by atoms with van der Waals surface area (Å²) in [6, 6.07) is -0.647. The summed E-state index contributed by atoms with van der Waals surface area (Å²) in [5.74, 6) is -0.0746. The molecule has 0 aliphatic heterocycles. The van der Waals surface area contributed by atoms with Crippen LogP contribution in [-0.4, -0.2) is 34.9 Å². The number of nitrogens with one attached hydrogen (secondary N) is 1. The van der Waals surface area contributed by atoms with Crippen LogP contribution in [0, 0.1) is 0 Å². The lowest BCUT2D eigenvalue weighted by atomic mass is 10.0. The summed E-state index contributed by atoms with van der Waals surface area (Å²) in [7, 11) is 0. The van der Waals surface area contributed by atoms with Gasteiger partial charge in [-0.25, -0.2) is 0 Å². The Kier molecular flexibility index (Phi) is 58.8. The lowest BCUT2D eigenvalue weighted by molar-refractivity contribution is -0.123. The second kappa shape index (κ2) is 60.9. The minimum absolute atomic E-state index is 0.0746. The van der Waals surface area contributed by atoms with Gasteiger partial charge in [0.25, 0.3) is 0 Å². The number of hydrogen-bond acceptors (Lipinski definition) is 3. The molecule has 2 unspecified atom stereocenters. The maximum Gasteiger partial charge on any atom is 0.220 e. The molecule has 0 aliphatic rings. The first-order chi connectivity index (χ1) is 34.7. The molecule has 0 saturated carbocycles. The lowest BCUT2D eigenvalue weighted by Gasteiger charge is -2.19. The normalized spacial score (nSPS) is 13.4. The summed E-state index contributed by atoms with van der Waals surface area (Å²) in [4.78, 5) is 12.5. The molecule has 1 amide bonds. The van der Waals surface area contributed by atoms with E-state index in [1.807, 2.05) is 6.08 Å². The van der Waals surface area contributed by atoms with Crippen molar-refractivity contribution in [3.63, 3.8) is 0 Å². The van der Waals surface area contributed by atoms with E-state index >= 15 is 0 Å². The van der Waals surface area contributed by atoms with Crippen molar-refractivity contribution >= 4 is 5.91 Å². The van der Waals surface area contributed by atoms with Gasteiger partial charge in [-0.2, -0.15) is 0 Å². The van der Waals surface area contributed by atoms with Gasteiger partial charge in [-0.05, 0) is 83.5 Å². The molecule has 0 aliphatic carbocycles. The fourth-order valence-corrected chi connectivity index (χ4v) is 9.20. The van der Waals surface area contributed by atoms with E-state index in [9.17, 15) is 15.0 Å². The minimum Gasteiger partial charge on any atom is -0.394 e. The first-order valence-electron chi connectivity index (χ1n) is 30.8. The Bertz CT molecular complexity index is 1240. The zero-order valence-corrected chi connectivity index (χ0v) is 46.8. The highest BCUT2D eigenvalue weighted by Crippen LogP contribution is 2.17. The Morgan fingerprint density at radius 2 is 0.643 bits per heavy atom. The number of carbonyl (C=O) groups excluding carboxylic acids is 1. The molecule has 0 aromatic heterocycles. The number of amides is 1. The zero-order valence-electron chi connectivity index (χ0n) is 46.8. The molecule has 0 spiro atoms. The molecule has 0 aromatic carbocycles. The third-order valence-corrected chi connectivity index (χ3v) is 13.8. The Balaban J connectivity index is 3.43. The van der Waals surface area contributed by atoms with Crippen LogP contribution in [0.15, 0.2) is 85.1 Å². The summed E-state index contributed by atoms with van der Waals surface area (Å²) in [6.07, 6.45) is 89.3. The van der Waals surface area contributed by atoms with Gasteiger partial charge in [-0.3, -0.25) is 4.79 Å². The molecule has 0 radical (unpaired) electrons. The Morgan fingerprint density at radius 3 is 1.00 bits per heavy atom. The molecule has 4 nitrogen and oxygen atoms in total. The highest BCUT2D eigenvalue weighted by molar-refractivity contribution is 5.76. The van der Waals surface area contributed by atoms with Gasteiger partial charge in [0, 0.05) is 6.42 Å². The number of rotatable bonds is 56. The second-order valence-electron chi connectivity index (χ2n) is 20.7. The molecule has 2 atom stereocenters. The van der Waals surface area contributed by atoms with E-state index in [1.54, 1.807) is 6.08 Å². The number of aliphatic hydroxyl groups excluding tert-OH is 2. The van der Waals surface area contributed by atoms with Gasteiger partial charge in [0.1, 0.15) is 0 Å². The van der Waals surface area contributed by atoms with E-state index in [0.717, 1.165) is 64.2 Å². The molecule has 0 heterocycles. The summed E-state index contributed by atoms with van der Waals surface area (Å²) < 4.78 is 0. The molecule has 0 saturated heterocycles. The van der Waals surface area contributed by atoms with Crippen LogP contribution in [-0.2, 0) is 4.79 Å². The highest BCUT2D eigenvalue weighted by atomic mass is 16.3. The third kappa shape index (κ3) is 56.5. The fourth-order valence-electron chi connectivity index (χ4n) is 9.20. The smallest absolute Gasteiger partial charge is 0.220 e. The van der Waals surface area contributed by atoms with E-state index in [-0.39, 0.29) is 12.5 Å². The maximum atomic E-state index is 12.5. The molecule has 0 bridgehead atoms. The summed E-state index contributed by atoms with van der Waals surface area (Å²) in [5, 5.41) is 23.1. The van der Waals surface area contributed by atoms with Crippen molar-refractivity contribution in [1.29, 1.82) is 0 Å². The second-order valence-corrected chi connectivity index (χ2v) is 20.7. The number of hydrogen-bond donors (Lipinski definition) is 3. The topological polar surface area (TPSA) is 69.6 Å². The first-order valence-corrected chi connectivity index (χ1v) is 30.8. The van der Waals surface area contributed by atoms with Gasteiger partial charge in [0.05, 0.1) is 18.8 Å². The monoisotopic (exact) mass is 974 g/mol. The van der Waals surface area contributed by atoms with Crippen LogP contribution in [0.2, 0.25) is 0 Å². The molecule has 0 aromatic rings. The largest absolute Gasteiger partial charge is 0.394 e. The Hall–Kier alpha value is -2.43. The number of unbranched alkanes of at least 4 members (excludes halogenated alkanes) is 37. The van der Waals surface area contributed by atoms with Crippen molar-refractivity contribution < 1.29 is 15.0 Å². The van der Waals surface area contributed by atoms with Gasteiger partial charge in [0.2, 0.25) is 5.91 Å². The number of carbonyl (C=O) groups is 1. The van der Waals surface area contributed by atoms with Crippen molar-refractivity contribution in [2.45, 2.75) is 321 Å². The van der Waals surface area contributed by atoms with Gasteiger partial charge in [0.15, 0.2) is 0 Å². The maximum absolute atomic E-state index is 12.5. The first kappa shape index (κ1) is 67.6. The Morgan fingerprint density at radius 1 is 0.357 bits per heavy atom. The molecule has 4 heteroatoms. The number of allylic oxidation sites excluding steroid dienone is 13. The van der Waals surface area contributed by atoms with Gasteiger partial charge in [-0.1, -0.05) is 304 Å². The van der Waals surface area contributed by atoms with Crippen LogP contribution < -0.4 is 5.32 Å². The fraction of sp³-hybridized carbons (Fsp3) is 0.773. The predicted octanol–water partition coefficient (Wildman–Crippen LogP) is 20.7. The average Bonchev–Trinajstić information content (AvgIpc) is 3.36. The van der Waals surface area contributed by atoms with Crippen LogP contribution in [0.4, 0.5) is 0 Å². The number of aliphatic hydroxyl groups is 2. The molecular formula is C66H119NO3. The molecule has 70 heavy (non-hydrogen) atoms. The average molecular weight is 975 g/mol. The standard InChI is InChI=1S/C66H119NO3/c1-3-5-7-9-11-13-15-17-19-21-22-23-24-25-26-27-28-29-30-31-32-33-34-35-36-37-38-39-40-41-42-43-44-46-48-50-52-54-56-58-60-62-66(70)67-64(63-68)65(69)61-59-57-55-53-51-49-47-45-20-18-16-14-12-10-8-6-4-2/h5,7,11,13,17,19-20,22-23,45,51,53,59,61,64-65,68-69H,3-4,6,8-10,12,14-16,18,21,24-44,46-50,52,54-58,60,62-63H2,1-2H3,(H,67,70)/b7-5-,13-11-,19-17-,23-22-,45-20+,53-51+,61-59+. The molecule has 0 rings (SSSR count). The molecular weight excluding hydrogens is 855 g/mol. The lowest BCUT2D eigenvalue weighted by Crippen LogP contribution is -2.45. The van der Waals surface area contributed by atoms with E-state index in [1.165, 1.54) is 225 Å². The summed E-state index contributed by atoms with van der Waals surface area (Å²) >= 11 is 0. The molecule has 406 valence electrons. The molecule has 0 fully saturated rings. The summed E-state index contributed by atoms with van der Waals surface area (Å²) in [5.41, 5.74) is 0. The molecule has 3 N–H and O–H groups in total. The van der Waals surface area contributed by atoms with Crippen molar-refractivity contribution in [2.75, 3.05) is 6.61 Å². The van der Waals surface area contributed by atoms with Crippen LogP contribution in [0.1, 0.15) is 309 Å². The Labute approximate surface area is 437 Å². The van der Waals surface area contributed by atoms with E-state index in [4.69, 9.17) is 0 Å². The quantitative estimate of drug-likeness (QED) is 0.0420. The minimum atomic E-state index is -0.871. The van der Waals surface area contributed by atoms with E-state index < -0.39 is 12.1 Å². The van der Waals surface area contributed by atoms with Gasteiger partial charge >= 0.3 is 0 Å². The zero-order chi connectivity index (χ0) is 50.6. The highest BCUT2D eigenvalue weighted by Gasteiger charge is 2.18. The third-order valence-electron chi connectivity index (χ3n) is 13.8. The predicted molar refractivity (Wildman–Crippen MR) is 313 cm³/mol. The van der Waals surface area contributed by atoms with Crippen LogP contribution in [0.5, 0.6) is 0 Å². The van der Waals surface area contributed by atoms with Crippen molar-refractivity contribution in [1.82, 2.24) is 5.32 Å². The summed E-state index contributed by atoms with van der Waals surface area (Å²) in [6.45, 7) is 4.19. The van der Waals surface area contributed by atoms with Crippen LogP contribution in [0.25, 0.3) is 0 Å². The van der Waals surface area contributed by atoms with E-state index in [2.05, 4.69) is 92.1 Å². The van der Waals surface area contributed by atoms with E-state index in [0.29, 0.717) is 6.42 Å². The van der Waals surface area contributed by atoms with Crippen molar-refractivity contribution in [2.24, 2.45) is 0 Å². The van der Waals surface area contributed by atoms with Gasteiger partial charge < -0.3 is 15.5 Å². The van der Waals surface area contributed by atoms with Crippen molar-refractivity contribution in [3.8, 4) is 0 Å². The van der Waals surface area contributed by atoms with Gasteiger partial charge in [-0.15, -0.1) is 0 Å². The van der Waals surface area contributed by atoms with Crippen molar-refractivity contribution in [3.05, 3.63) is 85.1 Å². The van der Waals surface area contributed by atoms with Crippen LogP contribution in [0.3, 0.4) is 0 Å².